The van der Waals surface area contributed by atoms with Crippen molar-refractivity contribution in [1.82, 2.24) is 0 Å². The molecule has 2 rings (SSSR count). The summed E-state index contributed by atoms with van der Waals surface area (Å²) < 4.78 is 11.2. The van der Waals surface area contributed by atoms with E-state index in [-0.39, 0.29) is 0 Å². The van der Waals surface area contributed by atoms with Crippen molar-refractivity contribution in [2.45, 2.75) is 39.5 Å². The highest BCUT2D eigenvalue weighted by molar-refractivity contribution is 5.81. The highest BCUT2D eigenvalue weighted by Gasteiger charge is 2.08. The van der Waals surface area contributed by atoms with Gasteiger partial charge in [-0.05, 0) is 47.2 Å². The van der Waals surface area contributed by atoms with Gasteiger partial charge < -0.3 is 9.47 Å². The Morgan fingerprint density at radius 3 is 2.32 bits per heavy atom. The standard InChI is InChI=1S/C22H28O3/c1-4-5-12-24-13-14-25-21-9-6-18(7-10-21)19-8-11-22(17(2)3)20(15-19)16-23/h6-11,15-17H,4-5,12-14H2,1-3H3. The number of carbonyl (C=O) groups excluding carboxylic acids is 1. The Bertz CT molecular complexity index is 659. The van der Waals surface area contributed by atoms with Gasteiger partial charge in [0.25, 0.3) is 0 Å². The predicted octanol–water partition coefficient (Wildman–Crippen LogP) is 5.49. The number of benzene rings is 2. The zero-order chi connectivity index (χ0) is 18.1. The average Bonchev–Trinajstić information content (AvgIpc) is 2.64. The molecular formula is C22H28O3. The van der Waals surface area contributed by atoms with Gasteiger partial charge >= 0.3 is 0 Å². The molecular weight excluding hydrogens is 312 g/mol. The van der Waals surface area contributed by atoms with Gasteiger partial charge in [-0.25, -0.2) is 0 Å². The van der Waals surface area contributed by atoms with E-state index in [1.54, 1.807) is 0 Å². The largest absolute Gasteiger partial charge is 0.491 e. The molecule has 2 aromatic rings. The van der Waals surface area contributed by atoms with Crippen molar-refractivity contribution >= 4 is 6.29 Å². The van der Waals surface area contributed by atoms with Crippen LogP contribution in [0.4, 0.5) is 0 Å². The van der Waals surface area contributed by atoms with Crippen LogP contribution in [0.5, 0.6) is 5.75 Å². The van der Waals surface area contributed by atoms with Gasteiger partial charge in [-0.3, -0.25) is 4.79 Å². The number of hydrogen-bond acceptors (Lipinski definition) is 3. The smallest absolute Gasteiger partial charge is 0.150 e. The first-order valence-electron chi connectivity index (χ1n) is 9.05. The van der Waals surface area contributed by atoms with E-state index in [4.69, 9.17) is 9.47 Å². The lowest BCUT2D eigenvalue weighted by molar-refractivity contribution is 0.0981. The van der Waals surface area contributed by atoms with E-state index in [1.807, 2.05) is 36.4 Å². The topological polar surface area (TPSA) is 35.5 Å². The summed E-state index contributed by atoms with van der Waals surface area (Å²) in [6.45, 7) is 8.31. The van der Waals surface area contributed by atoms with Crippen LogP contribution >= 0.6 is 0 Å². The first-order chi connectivity index (χ1) is 12.2. The first kappa shape index (κ1) is 19.2. The van der Waals surface area contributed by atoms with Crippen LogP contribution in [-0.4, -0.2) is 26.1 Å². The first-order valence-corrected chi connectivity index (χ1v) is 9.05. The van der Waals surface area contributed by atoms with Gasteiger partial charge in [-0.15, -0.1) is 0 Å². The SMILES string of the molecule is CCCCOCCOc1ccc(-c2ccc(C(C)C)c(C=O)c2)cc1. The second-order valence-electron chi connectivity index (χ2n) is 6.46. The normalized spacial score (nSPS) is 10.9. The van der Waals surface area contributed by atoms with Crippen LogP contribution in [0, 0.1) is 0 Å². The molecule has 3 heteroatoms. The number of carbonyl (C=O) groups is 1. The van der Waals surface area contributed by atoms with E-state index in [2.05, 4.69) is 26.8 Å². The average molecular weight is 340 g/mol. The van der Waals surface area contributed by atoms with Gasteiger partial charge in [-0.2, -0.15) is 0 Å². The monoisotopic (exact) mass is 340 g/mol. The minimum Gasteiger partial charge on any atom is -0.491 e. The molecule has 3 nitrogen and oxygen atoms in total. The van der Waals surface area contributed by atoms with Crippen molar-refractivity contribution < 1.29 is 14.3 Å². The van der Waals surface area contributed by atoms with Gasteiger partial charge in [0.05, 0.1) is 6.61 Å². The fraction of sp³-hybridized carbons (Fsp3) is 0.409. The molecule has 0 amide bonds. The molecule has 0 heterocycles. The van der Waals surface area contributed by atoms with Crippen LogP contribution in [-0.2, 0) is 4.74 Å². The van der Waals surface area contributed by atoms with Crippen LogP contribution in [0.15, 0.2) is 42.5 Å². The van der Waals surface area contributed by atoms with E-state index >= 15 is 0 Å². The Labute approximate surface area is 151 Å². The lowest BCUT2D eigenvalue weighted by Gasteiger charge is -2.11. The van der Waals surface area contributed by atoms with Gasteiger partial charge in [0.15, 0.2) is 0 Å². The Morgan fingerprint density at radius 1 is 0.960 bits per heavy atom. The highest BCUT2D eigenvalue weighted by atomic mass is 16.5. The third-order valence-electron chi connectivity index (χ3n) is 4.16. The Balaban J connectivity index is 1.96. The zero-order valence-electron chi connectivity index (χ0n) is 15.5. The van der Waals surface area contributed by atoms with E-state index in [9.17, 15) is 4.79 Å². The number of aldehydes is 1. The maximum Gasteiger partial charge on any atom is 0.150 e. The molecule has 134 valence electrons. The molecule has 0 aliphatic carbocycles. The Morgan fingerprint density at radius 2 is 1.68 bits per heavy atom. The lowest BCUT2D eigenvalue weighted by atomic mass is 9.94. The van der Waals surface area contributed by atoms with Crippen molar-refractivity contribution in [3.8, 4) is 16.9 Å². The molecule has 25 heavy (non-hydrogen) atoms. The van der Waals surface area contributed by atoms with Crippen molar-refractivity contribution in [3.63, 3.8) is 0 Å². The molecule has 0 aliphatic heterocycles. The van der Waals surface area contributed by atoms with E-state index in [0.29, 0.717) is 19.1 Å². The maximum atomic E-state index is 11.4. The van der Waals surface area contributed by atoms with Crippen LogP contribution < -0.4 is 4.74 Å². The van der Waals surface area contributed by atoms with Crippen molar-refractivity contribution in [2.24, 2.45) is 0 Å². The minimum absolute atomic E-state index is 0.338. The predicted molar refractivity (Wildman–Crippen MR) is 103 cm³/mol. The highest BCUT2D eigenvalue weighted by Crippen LogP contribution is 2.27. The molecule has 0 spiro atoms. The summed E-state index contributed by atoms with van der Waals surface area (Å²) in [5.74, 6) is 1.17. The second-order valence-corrected chi connectivity index (χ2v) is 6.46. The van der Waals surface area contributed by atoms with E-state index in [1.165, 1.54) is 0 Å². The van der Waals surface area contributed by atoms with Gasteiger partial charge in [-0.1, -0.05) is 51.5 Å². The molecule has 0 atom stereocenters. The number of rotatable bonds is 10. The summed E-state index contributed by atoms with van der Waals surface area (Å²) in [7, 11) is 0. The molecule has 0 bridgehead atoms. The molecule has 0 saturated carbocycles. The summed E-state index contributed by atoms with van der Waals surface area (Å²) in [6.07, 6.45) is 3.17. The number of hydrogen-bond donors (Lipinski definition) is 0. The molecule has 2 aromatic carbocycles. The van der Waals surface area contributed by atoms with Gasteiger partial charge in [0, 0.05) is 12.2 Å². The van der Waals surface area contributed by atoms with Crippen molar-refractivity contribution in [2.75, 3.05) is 19.8 Å². The molecule has 0 aromatic heterocycles. The molecule has 0 aliphatic rings. The molecule has 0 radical (unpaired) electrons. The van der Waals surface area contributed by atoms with Crippen molar-refractivity contribution in [1.29, 1.82) is 0 Å². The Kier molecular flexibility index (Phi) is 7.68. The quantitative estimate of drug-likeness (QED) is 0.424. The zero-order valence-corrected chi connectivity index (χ0v) is 15.5. The summed E-state index contributed by atoms with van der Waals surface area (Å²) in [5, 5.41) is 0. The maximum absolute atomic E-state index is 11.4. The fourth-order valence-corrected chi connectivity index (χ4v) is 2.69. The van der Waals surface area contributed by atoms with Crippen LogP contribution in [0.25, 0.3) is 11.1 Å². The Hall–Kier alpha value is -2.13. The second kappa shape index (κ2) is 10.00. The third kappa shape index (κ3) is 5.71. The molecule has 0 saturated heterocycles. The van der Waals surface area contributed by atoms with E-state index in [0.717, 1.165) is 53.7 Å². The van der Waals surface area contributed by atoms with E-state index < -0.39 is 0 Å². The molecule has 0 unspecified atom stereocenters. The third-order valence-corrected chi connectivity index (χ3v) is 4.16. The summed E-state index contributed by atoms with van der Waals surface area (Å²) >= 11 is 0. The lowest BCUT2D eigenvalue weighted by Crippen LogP contribution is -2.07. The fourth-order valence-electron chi connectivity index (χ4n) is 2.69. The summed E-state index contributed by atoms with van der Waals surface area (Å²) in [4.78, 5) is 11.4. The van der Waals surface area contributed by atoms with Crippen LogP contribution in [0.3, 0.4) is 0 Å². The summed E-state index contributed by atoms with van der Waals surface area (Å²) in [5.41, 5.74) is 3.96. The minimum atomic E-state index is 0.338. The summed E-state index contributed by atoms with van der Waals surface area (Å²) in [6, 6.07) is 14.0. The molecule has 0 N–H and O–H groups in total. The molecule has 0 fully saturated rings. The van der Waals surface area contributed by atoms with Crippen LogP contribution in [0.1, 0.15) is 55.5 Å². The van der Waals surface area contributed by atoms with Crippen LogP contribution in [0.2, 0.25) is 0 Å². The van der Waals surface area contributed by atoms with Gasteiger partial charge in [0.1, 0.15) is 18.6 Å². The van der Waals surface area contributed by atoms with Crippen molar-refractivity contribution in [3.05, 3.63) is 53.6 Å². The number of ether oxygens (including phenoxy) is 2. The number of unbranched alkanes of at least 4 members (excludes halogenated alkanes) is 1. The van der Waals surface area contributed by atoms with Gasteiger partial charge in [0.2, 0.25) is 0 Å².